The molecule has 92 valence electrons. The predicted octanol–water partition coefficient (Wildman–Crippen LogP) is 3.88. The fraction of sp³-hybridized carbons (Fsp3) is 0.643. The van der Waals surface area contributed by atoms with Crippen molar-refractivity contribution in [3.8, 4) is 0 Å². The minimum Gasteiger partial charge on any atom is -0.462 e. The van der Waals surface area contributed by atoms with Crippen LogP contribution in [0.1, 0.15) is 46.5 Å². The summed E-state index contributed by atoms with van der Waals surface area (Å²) in [5.74, 6) is 0.311. The predicted molar refractivity (Wildman–Crippen MR) is 68.2 cm³/mol. The van der Waals surface area contributed by atoms with E-state index in [1.807, 2.05) is 0 Å². The van der Waals surface area contributed by atoms with E-state index in [9.17, 15) is 4.79 Å². The quantitative estimate of drug-likeness (QED) is 0.355. The molecule has 1 unspecified atom stereocenters. The molecule has 0 bridgehead atoms. The fourth-order valence-corrected chi connectivity index (χ4v) is 1.37. The average molecular weight is 224 g/mol. The SMILES string of the molecule is C=C(C)CCCC(C)CCOC(=O)C(=C)C. The van der Waals surface area contributed by atoms with Crippen LogP contribution in [0.5, 0.6) is 0 Å². The van der Waals surface area contributed by atoms with Crippen molar-refractivity contribution in [2.24, 2.45) is 5.92 Å². The van der Waals surface area contributed by atoms with Crippen LogP contribution in [0.15, 0.2) is 24.3 Å². The molecule has 16 heavy (non-hydrogen) atoms. The van der Waals surface area contributed by atoms with Crippen molar-refractivity contribution in [3.05, 3.63) is 24.3 Å². The van der Waals surface area contributed by atoms with Gasteiger partial charge in [0.05, 0.1) is 6.61 Å². The van der Waals surface area contributed by atoms with E-state index in [0.717, 1.165) is 19.3 Å². The van der Waals surface area contributed by atoms with E-state index >= 15 is 0 Å². The first-order chi connectivity index (χ1) is 7.43. The van der Waals surface area contributed by atoms with Crippen LogP contribution in [-0.4, -0.2) is 12.6 Å². The molecule has 0 heterocycles. The fourth-order valence-electron chi connectivity index (χ4n) is 1.37. The monoisotopic (exact) mass is 224 g/mol. The summed E-state index contributed by atoms with van der Waals surface area (Å²) in [5.41, 5.74) is 1.70. The van der Waals surface area contributed by atoms with Gasteiger partial charge in [-0.15, -0.1) is 6.58 Å². The molecule has 0 aromatic heterocycles. The van der Waals surface area contributed by atoms with Crippen LogP contribution in [0.2, 0.25) is 0 Å². The number of allylic oxidation sites excluding steroid dienone is 1. The van der Waals surface area contributed by atoms with Gasteiger partial charge in [0.15, 0.2) is 0 Å². The highest BCUT2D eigenvalue weighted by Crippen LogP contribution is 2.14. The number of carbonyl (C=O) groups excluding carboxylic acids is 1. The topological polar surface area (TPSA) is 26.3 Å². The molecule has 0 aliphatic rings. The molecular weight excluding hydrogens is 200 g/mol. The van der Waals surface area contributed by atoms with Gasteiger partial charge in [-0.25, -0.2) is 4.79 Å². The first-order valence-electron chi connectivity index (χ1n) is 5.90. The highest BCUT2D eigenvalue weighted by atomic mass is 16.5. The Morgan fingerprint density at radius 2 is 1.88 bits per heavy atom. The Morgan fingerprint density at radius 3 is 2.38 bits per heavy atom. The summed E-state index contributed by atoms with van der Waals surface area (Å²) in [4.78, 5) is 11.1. The van der Waals surface area contributed by atoms with Crippen LogP contribution in [0, 0.1) is 5.92 Å². The molecule has 2 nitrogen and oxygen atoms in total. The molecule has 1 atom stereocenters. The lowest BCUT2D eigenvalue weighted by atomic mass is 9.99. The van der Waals surface area contributed by atoms with E-state index in [-0.39, 0.29) is 5.97 Å². The second-order valence-corrected chi connectivity index (χ2v) is 4.66. The number of hydrogen-bond donors (Lipinski definition) is 0. The third-order valence-electron chi connectivity index (χ3n) is 2.49. The van der Waals surface area contributed by atoms with Crippen molar-refractivity contribution in [2.75, 3.05) is 6.61 Å². The summed E-state index contributed by atoms with van der Waals surface area (Å²) in [5, 5.41) is 0. The van der Waals surface area contributed by atoms with E-state index < -0.39 is 0 Å². The largest absolute Gasteiger partial charge is 0.462 e. The molecule has 0 fully saturated rings. The standard InChI is InChI=1S/C14H24O2/c1-11(2)7-6-8-13(5)9-10-16-14(15)12(3)4/h13H,1,3,6-10H2,2,4-5H3. The van der Waals surface area contributed by atoms with Gasteiger partial charge in [-0.3, -0.25) is 0 Å². The van der Waals surface area contributed by atoms with Gasteiger partial charge in [-0.05, 0) is 39.0 Å². The Labute approximate surface area is 99.4 Å². The smallest absolute Gasteiger partial charge is 0.333 e. The molecule has 0 radical (unpaired) electrons. The highest BCUT2D eigenvalue weighted by molar-refractivity contribution is 5.86. The lowest BCUT2D eigenvalue weighted by Gasteiger charge is -2.11. The van der Waals surface area contributed by atoms with Gasteiger partial charge >= 0.3 is 5.97 Å². The Hall–Kier alpha value is -1.05. The van der Waals surface area contributed by atoms with E-state index in [1.54, 1.807) is 6.92 Å². The molecule has 0 saturated carbocycles. The summed E-state index contributed by atoms with van der Waals surface area (Å²) in [7, 11) is 0. The van der Waals surface area contributed by atoms with Crippen molar-refractivity contribution < 1.29 is 9.53 Å². The van der Waals surface area contributed by atoms with Crippen molar-refractivity contribution >= 4 is 5.97 Å². The van der Waals surface area contributed by atoms with E-state index in [2.05, 4.69) is 27.0 Å². The van der Waals surface area contributed by atoms with Crippen LogP contribution >= 0.6 is 0 Å². The molecule has 0 saturated heterocycles. The minimum atomic E-state index is -0.283. The van der Waals surface area contributed by atoms with Gasteiger partial charge in [-0.2, -0.15) is 0 Å². The molecule has 0 aliphatic carbocycles. The van der Waals surface area contributed by atoms with Crippen LogP contribution in [-0.2, 0) is 9.53 Å². The lowest BCUT2D eigenvalue weighted by Crippen LogP contribution is -2.09. The second-order valence-electron chi connectivity index (χ2n) is 4.66. The second kappa shape index (κ2) is 8.14. The van der Waals surface area contributed by atoms with Crippen molar-refractivity contribution in [3.63, 3.8) is 0 Å². The van der Waals surface area contributed by atoms with Crippen LogP contribution in [0.3, 0.4) is 0 Å². The average Bonchev–Trinajstić information content (AvgIpc) is 2.16. The lowest BCUT2D eigenvalue weighted by molar-refractivity contribution is -0.139. The zero-order chi connectivity index (χ0) is 12.6. The molecule has 2 heteroatoms. The van der Waals surface area contributed by atoms with E-state index in [4.69, 9.17) is 4.74 Å². The number of ether oxygens (including phenoxy) is 1. The number of esters is 1. The van der Waals surface area contributed by atoms with Gasteiger partial charge in [-0.1, -0.05) is 25.5 Å². The normalized spacial score (nSPS) is 11.9. The van der Waals surface area contributed by atoms with Gasteiger partial charge in [0, 0.05) is 5.57 Å². The van der Waals surface area contributed by atoms with Crippen molar-refractivity contribution in [2.45, 2.75) is 46.5 Å². The Morgan fingerprint density at radius 1 is 1.25 bits per heavy atom. The van der Waals surface area contributed by atoms with Crippen LogP contribution in [0.4, 0.5) is 0 Å². The molecule has 0 rings (SSSR count). The number of rotatable bonds is 8. The van der Waals surface area contributed by atoms with Crippen LogP contribution in [0.25, 0.3) is 0 Å². The van der Waals surface area contributed by atoms with Crippen molar-refractivity contribution in [1.82, 2.24) is 0 Å². The minimum absolute atomic E-state index is 0.283. The summed E-state index contributed by atoms with van der Waals surface area (Å²) in [6.07, 6.45) is 4.35. The highest BCUT2D eigenvalue weighted by Gasteiger charge is 2.06. The third-order valence-corrected chi connectivity index (χ3v) is 2.49. The summed E-state index contributed by atoms with van der Waals surface area (Å²) >= 11 is 0. The first-order valence-corrected chi connectivity index (χ1v) is 5.90. The Kier molecular flexibility index (Phi) is 7.61. The molecular formula is C14H24O2. The maximum absolute atomic E-state index is 11.1. The molecule has 0 spiro atoms. The van der Waals surface area contributed by atoms with E-state index in [1.165, 1.54) is 12.0 Å². The summed E-state index contributed by atoms with van der Waals surface area (Å²) < 4.78 is 5.05. The Bertz CT molecular complexity index is 253. The Balaban J connectivity index is 3.50. The van der Waals surface area contributed by atoms with Gasteiger partial charge < -0.3 is 4.74 Å². The van der Waals surface area contributed by atoms with E-state index in [0.29, 0.717) is 18.1 Å². The van der Waals surface area contributed by atoms with Gasteiger partial charge in [0.25, 0.3) is 0 Å². The van der Waals surface area contributed by atoms with Crippen molar-refractivity contribution in [1.29, 1.82) is 0 Å². The zero-order valence-electron chi connectivity index (χ0n) is 10.8. The molecule has 0 aromatic rings. The van der Waals surface area contributed by atoms with Crippen LogP contribution < -0.4 is 0 Å². The number of carbonyl (C=O) groups is 1. The third kappa shape index (κ3) is 8.27. The summed E-state index contributed by atoms with van der Waals surface area (Å²) in [6, 6.07) is 0. The van der Waals surface area contributed by atoms with Gasteiger partial charge in [0.1, 0.15) is 0 Å². The first kappa shape index (κ1) is 14.9. The molecule has 0 amide bonds. The molecule has 0 aromatic carbocycles. The zero-order valence-corrected chi connectivity index (χ0v) is 10.8. The summed E-state index contributed by atoms with van der Waals surface area (Å²) in [6.45, 7) is 13.8. The maximum Gasteiger partial charge on any atom is 0.333 e. The molecule has 0 N–H and O–H groups in total. The number of hydrogen-bond acceptors (Lipinski definition) is 2. The molecule has 0 aliphatic heterocycles. The van der Waals surface area contributed by atoms with Gasteiger partial charge in [0.2, 0.25) is 0 Å². The maximum atomic E-state index is 11.1.